The van der Waals surface area contributed by atoms with Crippen molar-refractivity contribution in [3.8, 4) is 0 Å². The summed E-state index contributed by atoms with van der Waals surface area (Å²) in [7, 11) is 0. The van der Waals surface area contributed by atoms with Crippen LogP contribution in [-0.4, -0.2) is 31.7 Å². The van der Waals surface area contributed by atoms with Crippen LogP contribution in [0.3, 0.4) is 0 Å². The molecule has 2 N–H and O–H groups in total. The summed E-state index contributed by atoms with van der Waals surface area (Å²) in [5, 5.41) is 16.2. The van der Waals surface area contributed by atoms with Gasteiger partial charge in [0, 0.05) is 12.4 Å². The molecule has 6 heteroatoms. The van der Waals surface area contributed by atoms with Crippen LogP contribution in [-0.2, 0) is 4.79 Å². The number of nitrogens with zero attached hydrogens (tertiary/aromatic N) is 3. The van der Waals surface area contributed by atoms with Crippen molar-refractivity contribution < 1.29 is 9.90 Å². The van der Waals surface area contributed by atoms with Crippen LogP contribution in [0.2, 0.25) is 0 Å². The van der Waals surface area contributed by atoms with Crippen molar-refractivity contribution in [3.63, 3.8) is 0 Å². The number of anilines is 1. The number of unbranched alkanes of at least 4 members (excludes halogenated alkanes) is 1. The van der Waals surface area contributed by atoms with E-state index in [9.17, 15) is 9.90 Å². The summed E-state index contributed by atoms with van der Waals surface area (Å²) in [5.41, 5.74) is 0.778. The van der Waals surface area contributed by atoms with Crippen molar-refractivity contribution in [1.29, 1.82) is 0 Å². The smallest absolute Gasteiger partial charge is 0.326 e. The van der Waals surface area contributed by atoms with Gasteiger partial charge in [-0.05, 0) is 12.5 Å². The second-order valence-corrected chi connectivity index (χ2v) is 4.11. The Hall–Kier alpha value is -2.11. The Bertz CT molecular complexity index is 538. The van der Waals surface area contributed by atoms with Crippen LogP contribution in [0.5, 0.6) is 0 Å². The van der Waals surface area contributed by atoms with Crippen LogP contribution in [0, 0.1) is 0 Å². The molecule has 0 aromatic carbocycles. The molecule has 96 valence electrons. The maximum atomic E-state index is 11.2. The number of carbonyl (C=O) groups is 1. The van der Waals surface area contributed by atoms with E-state index in [0.717, 1.165) is 18.4 Å². The normalized spacial score (nSPS) is 12.5. The minimum absolute atomic E-state index is 0.554. The van der Waals surface area contributed by atoms with Gasteiger partial charge >= 0.3 is 5.97 Å². The lowest BCUT2D eigenvalue weighted by Gasteiger charge is -2.15. The Morgan fingerprint density at radius 1 is 1.56 bits per heavy atom. The van der Waals surface area contributed by atoms with E-state index >= 15 is 0 Å². The fourth-order valence-corrected chi connectivity index (χ4v) is 1.80. The van der Waals surface area contributed by atoms with Crippen molar-refractivity contribution in [2.75, 3.05) is 5.32 Å². The zero-order valence-electron chi connectivity index (χ0n) is 10.2. The molecular weight excluding hydrogens is 232 g/mol. The summed E-state index contributed by atoms with van der Waals surface area (Å²) >= 11 is 0. The van der Waals surface area contributed by atoms with E-state index in [4.69, 9.17) is 0 Å². The van der Waals surface area contributed by atoms with E-state index in [1.54, 1.807) is 29.2 Å². The van der Waals surface area contributed by atoms with Crippen molar-refractivity contribution in [2.24, 2.45) is 0 Å². The molecule has 0 spiro atoms. The molecule has 0 aliphatic carbocycles. The average Bonchev–Trinajstić information content (AvgIpc) is 2.83. The number of rotatable bonds is 6. The topological polar surface area (TPSA) is 79.5 Å². The summed E-state index contributed by atoms with van der Waals surface area (Å²) in [6.45, 7) is 2.04. The zero-order chi connectivity index (χ0) is 13.0. The molecule has 6 nitrogen and oxygen atoms in total. The molecule has 2 aromatic heterocycles. The van der Waals surface area contributed by atoms with Crippen LogP contribution in [0.25, 0.3) is 5.52 Å². The molecule has 0 saturated heterocycles. The maximum Gasteiger partial charge on any atom is 0.326 e. The number of fused-ring (bicyclic) bond motifs is 1. The molecule has 1 atom stereocenters. The average molecular weight is 248 g/mol. The Kier molecular flexibility index (Phi) is 3.76. The van der Waals surface area contributed by atoms with Gasteiger partial charge in [0.25, 0.3) is 0 Å². The lowest BCUT2D eigenvalue weighted by atomic mass is 10.1. The van der Waals surface area contributed by atoms with E-state index in [1.165, 1.54) is 0 Å². The molecule has 0 saturated carbocycles. The highest BCUT2D eigenvalue weighted by molar-refractivity contribution is 5.79. The summed E-state index contributed by atoms with van der Waals surface area (Å²) in [4.78, 5) is 15.3. The summed E-state index contributed by atoms with van der Waals surface area (Å²) in [6.07, 6.45) is 7.40. The molecule has 0 aliphatic rings. The third kappa shape index (κ3) is 2.58. The predicted molar refractivity (Wildman–Crippen MR) is 67.6 cm³/mol. The van der Waals surface area contributed by atoms with Gasteiger partial charge in [-0.25, -0.2) is 14.3 Å². The second kappa shape index (κ2) is 5.48. The molecule has 2 rings (SSSR count). The monoisotopic (exact) mass is 248 g/mol. The van der Waals surface area contributed by atoms with Gasteiger partial charge in [-0.2, -0.15) is 5.10 Å². The Morgan fingerprint density at radius 2 is 2.39 bits per heavy atom. The third-order valence-electron chi connectivity index (χ3n) is 2.78. The number of hydrogen-bond acceptors (Lipinski definition) is 4. The summed E-state index contributed by atoms with van der Waals surface area (Å²) < 4.78 is 1.66. The summed E-state index contributed by atoms with van der Waals surface area (Å²) in [6, 6.07) is 1.19. The van der Waals surface area contributed by atoms with Gasteiger partial charge in [-0.1, -0.05) is 19.8 Å². The fraction of sp³-hybridized carbons (Fsp3) is 0.417. The first-order valence-electron chi connectivity index (χ1n) is 6.00. The first kappa shape index (κ1) is 12.3. The van der Waals surface area contributed by atoms with Gasteiger partial charge in [0.05, 0.1) is 6.20 Å². The number of carboxylic acid groups (broad SMARTS) is 1. The minimum Gasteiger partial charge on any atom is -0.480 e. The molecule has 1 unspecified atom stereocenters. The highest BCUT2D eigenvalue weighted by Crippen LogP contribution is 2.15. The van der Waals surface area contributed by atoms with Crippen LogP contribution in [0.4, 0.5) is 5.82 Å². The van der Waals surface area contributed by atoms with Gasteiger partial charge < -0.3 is 10.4 Å². The maximum absolute atomic E-state index is 11.2. The van der Waals surface area contributed by atoms with Crippen LogP contribution in [0.15, 0.2) is 24.7 Å². The van der Waals surface area contributed by atoms with E-state index in [0.29, 0.717) is 12.2 Å². The van der Waals surface area contributed by atoms with Gasteiger partial charge in [-0.15, -0.1) is 0 Å². The van der Waals surface area contributed by atoms with Gasteiger partial charge in [0.1, 0.15) is 11.6 Å². The lowest BCUT2D eigenvalue weighted by molar-refractivity contribution is -0.138. The lowest BCUT2D eigenvalue weighted by Crippen LogP contribution is -2.29. The summed E-state index contributed by atoms with van der Waals surface area (Å²) in [5.74, 6) is -0.301. The fourth-order valence-electron chi connectivity index (χ4n) is 1.80. The molecular formula is C12H16N4O2. The molecule has 18 heavy (non-hydrogen) atoms. The van der Waals surface area contributed by atoms with Crippen molar-refractivity contribution in [1.82, 2.24) is 14.6 Å². The van der Waals surface area contributed by atoms with E-state index in [2.05, 4.69) is 15.4 Å². The van der Waals surface area contributed by atoms with Crippen LogP contribution < -0.4 is 5.32 Å². The van der Waals surface area contributed by atoms with Gasteiger partial charge in [0.2, 0.25) is 0 Å². The standard InChI is InChI=1S/C12H16N4O2/c1-2-3-4-9(12(17)18)15-11-10-5-6-14-16(10)8-7-13-11/h5-9H,2-4H2,1H3,(H,13,15)(H,17,18). The third-order valence-corrected chi connectivity index (χ3v) is 2.78. The predicted octanol–water partition coefficient (Wildman–Crippen LogP) is 1.78. The minimum atomic E-state index is -0.855. The molecule has 0 fully saturated rings. The second-order valence-electron chi connectivity index (χ2n) is 4.11. The van der Waals surface area contributed by atoms with E-state index < -0.39 is 12.0 Å². The van der Waals surface area contributed by atoms with Crippen LogP contribution >= 0.6 is 0 Å². The largest absolute Gasteiger partial charge is 0.480 e. The number of hydrogen-bond donors (Lipinski definition) is 2. The molecule has 0 radical (unpaired) electrons. The first-order chi connectivity index (χ1) is 8.72. The van der Waals surface area contributed by atoms with E-state index in [1.807, 2.05) is 6.92 Å². The Balaban J connectivity index is 2.20. The SMILES string of the molecule is CCCCC(Nc1nccn2nccc12)C(=O)O. The highest BCUT2D eigenvalue weighted by atomic mass is 16.4. The number of nitrogens with one attached hydrogen (secondary N) is 1. The molecule has 2 aromatic rings. The van der Waals surface area contributed by atoms with Gasteiger partial charge in [0.15, 0.2) is 5.82 Å². The van der Waals surface area contributed by atoms with E-state index in [-0.39, 0.29) is 0 Å². The first-order valence-corrected chi connectivity index (χ1v) is 6.00. The quantitative estimate of drug-likeness (QED) is 0.814. The Labute approximate surface area is 105 Å². The number of aromatic nitrogens is 3. The van der Waals surface area contributed by atoms with Crippen molar-refractivity contribution >= 4 is 17.3 Å². The molecule has 0 aliphatic heterocycles. The zero-order valence-corrected chi connectivity index (χ0v) is 10.2. The Morgan fingerprint density at radius 3 is 3.11 bits per heavy atom. The van der Waals surface area contributed by atoms with Crippen molar-refractivity contribution in [2.45, 2.75) is 32.2 Å². The van der Waals surface area contributed by atoms with Crippen LogP contribution in [0.1, 0.15) is 26.2 Å². The molecule has 2 heterocycles. The van der Waals surface area contributed by atoms with Crippen molar-refractivity contribution in [3.05, 3.63) is 24.7 Å². The molecule has 0 amide bonds. The van der Waals surface area contributed by atoms with Gasteiger partial charge in [-0.3, -0.25) is 0 Å². The number of aliphatic carboxylic acids is 1. The molecule has 0 bridgehead atoms. The highest BCUT2D eigenvalue weighted by Gasteiger charge is 2.18. The number of carboxylic acids is 1.